The summed E-state index contributed by atoms with van der Waals surface area (Å²) in [5.74, 6) is 0.209. The molecule has 0 saturated carbocycles. The average molecular weight is 180 g/mol. The van der Waals surface area contributed by atoms with E-state index in [1.807, 2.05) is 19.1 Å². The SMILES string of the molecule is CC=C(C=CCC(C)=O)C(C)(C)C. The Kier molecular flexibility index (Phi) is 4.68. The van der Waals surface area contributed by atoms with Crippen LogP contribution in [0.2, 0.25) is 0 Å². The summed E-state index contributed by atoms with van der Waals surface area (Å²) in [5, 5.41) is 0. The standard InChI is InChI=1S/C12H20O/c1-6-11(12(3,4)5)9-7-8-10(2)13/h6-7,9H,8H2,1-5H3. The lowest BCUT2D eigenvalue weighted by Gasteiger charge is -2.19. The van der Waals surface area contributed by atoms with Gasteiger partial charge in [0.2, 0.25) is 0 Å². The zero-order chi connectivity index (χ0) is 10.5. The van der Waals surface area contributed by atoms with Crippen LogP contribution in [-0.2, 0) is 4.79 Å². The first kappa shape index (κ1) is 12.2. The van der Waals surface area contributed by atoms with Crippen LogP contribution < -0.4 is 0 Å². The van der Waals surface area contributed by atoms with Crippen LogP contribution in [0.1, 0.15) is 41.0 Å². The molecule has 0 saturated heterocycles. The highest BCUT2D eigenvalue weighted by Gasteiger charge is 2.12. The lowest BCUT2D eigenvalue weighted by atomic mass is 9.86. The zero-order valence-electron chi connectivity index (χ0n) is 9.35. The molecule has 0 aromatic heterocycles. The monoisotopic (exact) mass is 180 g/mol. The lowest BCUT2D eigenvalue weighted by Crippen LogP contribution is -2.07. The molecule has 74 valence electrons. The minimum Gasteiger partial charge on any atom is -0.300 e. The van der Waals surface area contributed by atoms with Gasteiger partial charge in [0.1, 0.15) is 5.78 Å². The van der Waals surface area contributed by atoms with Crippen LogP contribution in [0.3, 0.4) is 0 Å². The van der Waals surface area contributed by atoms with Gasteiger partial charge >= 0.3 is 0 Å². The summed E-state index contributed by atoms with van der Waals surface area (Å²) < 4.78 is 0. The smallest absolute Gasteiger partial charge is 0.133 e. The second-order valence-corrected chi connectivity index (χ2v) is 4.30. The first-order chi connectivity index (χ1) is 5.88. The van der Waals surface area contributed by atoms with Crippen LogP contribution in [-0.4, -0.2) is 5.78 Å². The molecule has 1 heteroatoms. The van der Waals surface area contributed by atoms with Crippen molar-refractivity contribution >= 4 is 5.78 Å². The fourth-order valence-electron chi connectivity index (χ4n) is 1.13. The van der Waals surface area contributed by atoms with E-state index >= 15 is 0 Å². The van der Waals surface area contributed by atoms with Crippen molar-refractivity contribution < 1.29 is 4.79 Å². The number of ketones is 1. The van der Waals surface area contributed by atoms with Crippen LogP contribution in [0.15, 0.2) is 23.8 Å². The topological polar surface area (TPSA) is 17.1 Å². The predicted octanol–water partition coefficient (Wildman–Crippen LogP) is 3.51. The molecule has 0 bridgehead atoms. The Labute approximate surface area is 81.5 Å². The molecule has 0 fully saturated rings. The Morgan fingerprint density at radius 2 is 1.85 bits per heavy atom. The van der Waals surface area contributed by atoms with Gasteiger partial charge in [-0.3, -0.25) is 4.79 Å². The minimum atomic E-state index is 0.169. The maximum Gasteiger partial charge on any atom is 0.133 e. The summed E-state index contributed by atoms with van der Waals surface area (Å²) in [7, 11) is 0. The second kappa shape index (κ2) is 5.00. The first-order valence-electron chi connectivity index (χ1n) is 4.70. The van der Waals surface area contributed by atoms with Crippen LogP contribution in [0.4, 0.5) is 0 Å². The number of carbonyl (C=O) groups is 1. The molecular weight excluding hydrogens is 160 g/mol. The van der Waals surface area contributed by atoms with Crippen LogP contribution in [0.25, 0.3) is 0 Å². The normalized spacial score (nSPS) is 13.8. The number of rotatable bonds is 3. The summed E-state index contributed by atoms with van der Waals surface area (Å²) >= 11 is 0. The highest BCUT2D eigenvalue weighted by atomic mass is 16.1. The molecular formula is C12H20O. The molecule has 0 spiro atoms. The molecule has 0 aliphatic carbocycles. The minimum absolute atomic E-state index is 0.169. The fourth-order valence-corrected chi connectivity index (χ4v) is 1.13. The van der Waals surface area contributed by atoms with Gasteiger partial charge in [-0.2, -0.15) is 0 Å². The summed E-state index contributed by atoms with van der Waals surface area (Å²) in [6.07, 6.45) is 6.61. The van der Waals surface area contributed by atoms with Crippen molar-refractivity contribution in [3.05, 3.63) is 23.8 Å². The number of allylic oxidation sites excluding steroid dienone is 4. The summed E-state index contributed by atoms with van der Waals surface area (Å²) in [5.41, 5.74) is 1.44. The van der Waals surface area contributed by atoms with Gasteiger partial charge in [0.25, 0.3) is 0 Å². The molecule has 0 aromatic rings. The average Bonchev–Trinajstić information content (AvgIpc) is 1.95. The maximum absolute atomic E-state index is 10.7. The van der Waals surface area contributed by atoms with Crippen molar-refractivity contribution in [1.29, 1.82) is 0 Å². The molecule has 0 aromatic carbocycles. The van der Waals surface area contributed by atoms with Gasteiger partial charge in [-0.1, -0.05) is 39.0 Å². The van der Waals surface area contributed by atoms with Gasteiger partial charge in [0.05, 0.1) is 0 Å². The summed E-state index contributed by atoms with van der Waals surface area (Å²) in [6, 6.07) is 0. The van der Waals surface area contributed by atoms with E-state index in [9.17, 15) is 4.79 Å². The van der Waals surface area contributed by atoms with E-state index in [1.165, 1.54) is 5.57 Å². The van der Waals surface area contributed by atoms with Crippen molar-refractivity contribution in [3.63, 3.8) is 0 Å². The van der Waals surface area contributed by atoms with E-state index in [4.69, 9.17) is 0 Å². The number of Topliss-reactive ketones (excluding diaryl/α,β-unsaturated/α-hetero) is 1. The molecule has 0 amide bonds. The molecule has 0 rings (SSSR count). The van der Waals surface area contributed by atoms with Gasteiger partial charge in [0.15, 0.2) is 0 Å². The Morgan fingerprint density at radius 1 is 1.31 bits per heavy atom. The molecule has 0 atom stereocenters. The van der Waals surface area contributed by atoms with Gasteiger partial charge in [-0.25, -0.2) is 0 Å². The fraction of sp³-hybridized carbons (Fsp3) is 0.583. The molecule has 0 unspecified atom stereocenters. The van der Waals surface area contributed by atoms with Crippen LogP contribution in [0.5, 0.6) is 0 Å². The molecule has 13 heavy (non-hydrogen) atoms. The van der Waals surface area contributed by atoms with Crippen LogP contribution >= 0.6 is 0 Å². The molecule has 0 aliphatic heterocycles. The Bertz CT molecular complexity index is 226. The van der Waals surface area contributed by atoms with Crippen LogP contribution in [0, 0.1) is 5.41 Å². The van der Waals surface area contributed by atoms with Gasteiger partial charge < -0.3 is 0 Å². The molecule has 1 nitrogen and oxygen atoms in total. The van der Waals surface area contributed by atoms with E-state index in [2.05, 4.69) is 26.8 Å². The second-order valence-electron chi connectivity index (χ2n) is 4.30. The highest BCUT2D eigenvalue weighted by molar-refractivity contribution is 5.77. The third-order valence-corrected chi connectivity index (χ3v) is 1.88. The third-order valence-electron chi connectivity index (χ3n) is 1.88. The van der Waals surface area contributed by atoms with Crippen molar-refractivity contribution in [2.75, 3.05) is 0 Å². The van der Waals surface area contributed by atoms with E-state index in [0.29, 0.717) is 6.42 Å². The Morgan fingerprint density at radius 3 is 2.15 bits per heavy atom. The molecule has 0 heterocycles. The van der Waals surface area contributed by atoms with E-state index in [1.54, 1.807) is 6.92 Å². The quantitative estimate of drug-likeness (QED) is 0.607. The van der Waals surface area contributed by atoms with Crippen molar-refractivity contribution in [1.82, 2.24) is 0 Å². The lowest BCUT2D eigenvalue weighted by molar-refractivity contribution is -0.116. The predicted molar refractivity (Wildman–Crippen MR) is 57.7 cm³/mol. The van der Waals surface area contributed by atoms with Gasteiger partial charge in [0, 0.05) is 6.42 Å². The van der Waals surface area contributed by atoms with Gasteiger partial charge in [-0.05, 0) is 24.8 Å². The van der Waals surface area contributed by atoms with Gasteiger partial charge in [-0.15, -0.1) is 0 Å². The highest BCUT2D eigenvalue weighted by Crippen LogP contribution is 2.25. The van der Waals surface area contributed by atoms with E-state index < -0.39 is 0 Å². The zero-order valence-corrected chi connectivity index (χ0v) is 9.35. The molecule has 0 N–H and O–H groups in total. The first-order valence-corrected chi connectivity index (χ1v) is 4.70. The summed E-state index contributed by atoms with van der Waals surface area (Å²) in [4.78, 5) is 10.7. The number of hydrogen-bond acceptors (Lipinski definition) is 1. The van der Waals surface area contributed by atoms with E-state index in [-0.39, 0.29) is 11.2 Å². The Balaban J connectivity index is 4.32. The summed E-state index contributed by atoms with van der Waals surface area (Å²) in [6.45, 7) is 10.1. The van der Waals surface area contributed by atoms with Crippen molar-refractivity contribution in [2.24, 2.45) is 5.41 Å². The Hall–Kier alpha value is -0.850. The van der Waals surface area contributed by atoms with Crippen molar-refractivity contribution in [2.45, 2.75) is 41.0 Å². The molecule has 0 radical (unpaired) electrons. The van der Waals surface area contributed by atoms with Crippen molar-refractivity contribution in [3.8, 4) is 0 Å². The number of carbonyl (C=O) groups excluding carboxylic acids is 1. The molecule has 0 aliphatic rings. The largest absolute Gasteiger partial charge is 0.300 e. The number of hydrogen-bond donors (Lipinski definition) is 0. The third kappa shape index (κ3) is 5.40. The maximum atomic E-state index is 10.7. The van der Waals surface area contributed by atoms with E-state index in [0.717, 1.165) is 0 Å².